The van der Waals surface area contributed by atoms with Gasteiger partial charge >= 0.3 is 5.97 Å². The minimum atomic E-state index is -0.640. The normalized spacial score (nSPS) is 10.5. The highest BCUT2D eigenvalue weighted by Gasteiger charge is 2.12. The van der Waals surface area contributed by atoms with Crippen molar-refractivity contribution in [3.05, 3.63) is 53.1 Å². The van der Waals surface area contributed by atoms with E-state index in [2.05, 4.69) is 10.3 Å². The number of aromatic nitrogens is 1. The molecule has 0 atom stereocenters. The Morgan fingerprint density at radius 2 is 2.00 bits per heavy atom. The van der Waals surface area contributed by atoms with Crippen LogP contribution in [0.15, 0.2) is 42.5 Å². The zero-order chi connectivity index (χ0) is 18.5. The Kier molecular flexibility index (Phi) is 5.70. The van der Waals surface area contributed by atoms with Gasteiger partial charge in [0, 0.05) is 5.02 Å². The SMILES string of the molecule is Cc1cc(Cl)ccc1OCC(=O)OCC(=O)Nc1nc2ccccc2s1. The number of amides is 1. The molecule has 0 bridgehead atoms. The second-order valence-electron chi connectivity index (χ2n) is 5.39. The molecule has 0 radical (unpaired) electrons. The maximum absolute atomic E-state index is 11.9. The third kappa shape index (κ3) is 4.71. The molecule has 3 aromatic rings. The minimum Gasteiger partial charge on any atom is -0.482 e. The van der Waals surface area contributed by atoms with Crippen molar-refractivity contribution in [1.29, 1.82) is 0 Å². The van der Waals surface area contributed by atoms with Crippen LogP contribution in [-0.2, 0) is 14.3 Å². The molecule has 134 valence electrons. The van der Waals surface area contributed by atoms with Crippen LogP contribution < -0.4 is 10.1 Å². The maximum atomic E-state index is 11.9. The summed E-state index contributed by atoms with van der Waals surface area (Å²) < 4.78 is 11.2. The first-order valence-electron chi connectivity index (χ1n) is 7.71. The fourth-order valence-corrected chi connectivity index (χ4v) is 3.29. The summed E-state index contributed by atoms with van der Waals surface area (Å²) in [5.41, 5.74) is 1.61. The number of nitrogens with zero attached hydrogens (tertiary/aromatic N) is 1. The first-order chi connectivity index (χ1) is 12.5. The van der Waals surface area contributed by atoms with Gasteiger partial charge in [-0.1, -0.05) is 35.1 Å². The number of para-hydroxylation sites is 1. The average Bonchev–Trinajstić information content (AvgIpc) is 3.01. The van der Waals surface area contributed by atoms with Gasteiger partial charge in [-0.3, -0.25) is 10.1 Å². The number of nitrogens with one attached hydrogen (secondary N) is 1. The molecule has 0 unspecified atom stereocenters. The molecule has 8 heteroatoms. The van der Waals surface area contributed by atoms with E-state index in [0.717, 1.165) is 15.8 Å². The van der Waals surface area contributed by atoms with Crippen molar-refractivity contribution >= 4 is 50.2 Å². The summed E-state index contributed by atoms with van der Waals surface area (Å²) >= 11 is 7.21. The van der Waals surface area contributed by atoms with Gasteiger partial charge in [-0.2, -0.15) is 0 Å². The number of thiazole rings is 1. The number of aryl methyl sites for hydroxylation is 1. The second kappa shape index (κ2) is 8.16. The highest BCUT2D eigenvalue weighted by Crippen LogP contribution is 2.25. The Bertz CT molecular complexity index is 924. The van der Waals surface area contributed by atoms with Crippen LogP contribution in [-0.4, -0.2) is 30.1 Å². The molecule has 26 heavy (non-hydrogen) atoms. The quantitative estimate of drug-likeness (QED) is 0.647. The molecular formula is C18H15ClN2O4S. The van der Waals surface area contributed by atoms with Crippen molar-refractivity contribution in [1.82, 2.24) is 4.98 Å². The number of hydrogen-bond acceptors (Lipinski definition) is 6. The largest absolute Gasteiger partial charge is 0.482 e. The van der Waals surface area contributed by atoms with Gasteiger partial charge in [0.15, 0.2) is 18.3 Å². The van der Waals surface area contributed by atoms with Gasteiger partial charge in [0.05, 0.1) is 10.2 Å². The van der Waals surface area contributed by atoms with Crippen molar-refractivity contribution < 1.29 is 19.1 Å². The molecule has 6 nitrogen and oxygen atoms in total. The Balaban J connectivity index is 1.45. The van der Waals surface area contributed by atoms with E-state index in [1.807, 2.05) is 31.2 Å². The summed E-state index contributed by atoms with van der Waals surface area (Å²) in [6.45, 7) is 1.12. The monoisotopic (exact) mass is 390 g/mol. The third-order valence-electron chi connectivity index (χ3n) is 3.39. The lowest BCUT2D eigenvalue weighted by Crippen LogP contribution is -2.23. The number of esters is 1. The zero-order valence-corrected chi connectivity index (χ0v) is 15.4. The summed E-state index contributed by atoms with van der Waals surface area (Å²) in [5, 5.41) is 3.66. The van der Waals surface area contributed by atoms with E-state index in [1.54, 1.807) is 18.2 Å². The lowest BCUT2D eigenvalue weighted by Gasteiger charge is -2.09. The molecule has 1 N–H and O–H groups in total. The first kappa shape index (κ1) is 18.2. The number of ether oxygens (including phenoxy) is 2. The average molecular weight is 391 g/mol. The van der Waals surface area contributed by atoms with Crippen molar-refractivity contribution in [2.24, 2.45) is 0 Å². The highest BCUT2D eigenvalue weighted by molar-refractivity contribution is 7.22. The van der Waals surface area contributed by atoms with E-state index in [0.29, 0.717) is 15.9 Å². The number of benzene rings is 2. The van der Waals surface area contributed by atoms with Crippen molar-refractivity contribution in [2.45, 2.75) is 6.92 Å². The lowest BCUT2D eigenvalue weighted by molar-refractivity contribution is -0.149. The summed E-state index contributed by atoms with van der Waals surface area (Å²) in [4.78, 5) is 27.9. The molecule has 3 rings (SSSR count). The van der Waals surface area contributed by atoms with Crippen molar-refractivity contribution in [2.75, 3.05) is 18.5 Å². The Labute approximate surface area is 158 Å². The third-order valence-corrected chi connectivity index (χ3v) is 4.57. The standard InChI is InChI=1S/C18H15ClN2O4S/c1-11-8-12(19)6-7-14(11)24-10-17(23)25-9-16(22)21-18-20-13-4-2-3-5-15(13)26-18/h2-8H,9-10H2,1H3,(H,20,21,22). The molecule has 1 amide bonds. The molecule has 0 spiro atoms. The molecule has 2 aromatic carbocycles. The number of rotatable bonds is 6. The van der Waals surface area contributed by atoms with Crippen LogP contribution in [0.4, 0.5) is 5.13 Å². The van der Waals surface area contributed by atoms with E-state index in [4.69, 9.17) is 21.1 Å². The number of fused-ring (bicyclic) bond motifs is 1. The molecule has 1 heterocycles. The summed E-state index contributed by atoms with van der Waals surface area (Å²) in [5.74, 6) is -0.566. The van der Waals surface area contributed by atoms with E-state index in [9.17, 15) is 9.59 Å². The number of carbonyl (C=O) groups is 2. The van der Waals surface area contributed by atoms with Gasteiger partial charge in [-0.25, -0.2) is 9.78 Å². The topological polar surface area (TPSA) is 77.5 Å². The summed E-state index contributed by atoms with van der Waals surface area (Å²) in [6.07, 6.45) is 0. The van der Waals surface area contributed by atoms with Gasteiger partial charge in [-0.15, -0.1) is 0 Å². The lowest BCUT2D eigenvalue weighted by atomic mass is 10.2. The Morgan fingerprint density at radius 1 is 1.19 bits per heavy atom. The highest BCUT2D eigenvalue weighted by atomic mass is 35.5. The predicted molar refractivity (Wildman–Crippen MR) is 101 cm³/mol. The van der Waals surface area contributed by atoms with Crippen LogP contribution in [0.2, 0.25) is 5.02 Å². The molecular weight excluding hydrogens is 376 g/mol. The molecule has 0 aliphatic heterocycles. The van der Waals surface area contributed by atoms with E-state index < -0.39 is 18.5 Å². The fraction of sp³-hybridized carbons (Fsp3) is 0.167. The molecule has 0 fully saturated rings. The van der Waals surface area contributed by atoms with Crippen LogP contribution in [0.25, 0.3) is 10.2 Å². The van der Waals surface area contributed by atoms with Crippen LogP contribution in [0, 0.1) is 6.92 Å². The number of halogens is 1. The molecule has 0 aliphatic rings. The van der Waals surface area contributed by atoms with Crippen molar-refractivity contribution in [3.63, 3.8) is 0 Å². The van der Waals surface area contributed by atoms with Crippen LogP contribution in [0.3, 0.4) is 0 Å². The van der Waals surface area contributed by atoms with Gasteiger partial charge in [0.25, 0.3) is 5.91 Å². The number of carbonyl (C=O) groups excluding carboxylic acids is 2. The smallest absolute Gasteiger partial charge is 0.344 e. The summed E-state index contributed by atoms with van der Waals surface area (Å²) in [6, 6.07) is 12.6. The van der Waals surface area contributed by atoms with E-state index in [1.165, 1.54) is 11.3 Å². The van der Waals surface area contributed by atoms with Gasteiger partial charge in [0.1, 0.15) is 5.75 Å². The maximum Gasteiger partial charge on any atom is 0.344 e. The fourth-order valence-electron chi connectivity index (χ4n) is 2.18. The first-order valence-corrected chi connectivity index (χ1v) is 8.91. The Hall–Kier alpha value is -2.64. The van der Waals surface area contributed by atoms with Crippen LogP contribution in [0.1, 0.15) is 5.56 Å². The van der Waals surface area contributed by atoms with Gasteiger partial charge in [-0.05, 0) is 42.8 Å². The van der Waals surface area contributed by atoms with E-state index >= 15 is 0 Å². The van der Waals surface area contributed by atoms with Crippen molar-refractivity contribution in [3.8, 4) is 5.75 Å². The molecule has 0 saturated carbocycles. The molecule has 0 saturated heterocycles. The number of anilines is 1. The Morgan fingerprint density at radius 3 is 2.77 bits per heavy atom. The van der Waals surface area contributed by atoms with Crippen LogP contribution >= 0.6 is 22.9 Å². The second-order valence-corrected chi connectivity index (χ2v) is 6.86. The summed E-state index contributed by atoms with van der Waals surface area (Å²) in [7, 11) is 0. The number of hydrogen-bond donors (Lipinski definition) is 1. The molecule has 1 aromatic heterocycles. The van der Waals surface area contributed by atoms with Gasteiger partial charge in [0.2, 0.25) is 0 Å². The van der Waals surface area contributed by atoms with E-state index in [-0.39, 0.29) is 6.61 Å². The zero-order valence-electron chi connectivity index (χ0n) is 13.8. The van der Waals surface area contributed by atoms with Crippen LogP contribution in [0.5, 0.6) is 5.75 Å². The molecule has 0 aliphatic carbocycles. The van der Waals surface area contributed by atoms with Gasteiger partial charge < -0.3 is 9.47 Å². The predicted octanol–water partition coefficient (Wildman–Crippen LogP) is 3.82. The minimum absolute atomic E-state index is 0.295.